The fourth-order valence-corrected chi connectivity index (χ4v) is 6.30. The molecule has 0 saturated carbocycles. The number of ether oxygens (including phenoxy) is 2. The van der Waals surface area contributed by atoms with Crippen molar-refractivity contribution in [2.24, 2.45) is 45.3 Å². The first-order valence-electron chi connectivity index (χ1n) is 16.7. The molecule has 4 aliphatic heterocycles. The summed E-state index contributed by atoms with van der Waals surface area (Å²) in [5.74, 6) is 3.52. The second-order valence-electron chi connectivity index (χ2n) is 17.7. The van der Waals surface area contributed by atoms with E-state index in [1.807, 2.05) is 0 Å². The Morgan fingerprint density at radius 3 is 1.05 bits per heavy atom. The summed E-state index contributed by atoms with van der Waals surface area (Å²) < 4.78 is 10.6. The highest BCUT2D eigenvalue weighted by molar-refractivity contribution is 4.82. The van der Waals surface area contributed by atoms with Crippen molar-refractivity contribution >= 4 is 0 Å². The zero-order chi connectivity index (χ0) is 30.8. The van der Waals surface area contributed by atoms with E-state index in [0.717, 1.165) is 50.1 Å². The third kappa shape index (κ3) is 15.4. The van der Waals surface area contributed by atoms with Gasteiger partial charge in [0.25, 0.3) is 0 Å². The molecule has 0 aliphatic carbocycles. The van der Waals surface area contributed by atoms with Crippen LogP contribution in [0.3, 0.4) is 0 Å². The van der Waals surface area contributed by atoms with Gasteiger partial charge in [-0.15, -0.1) is 0 Å². The number of piperidine rings is 1. The molecule has 0 aromatic carbocycles. The first-order chi connectivity index (χ1) is 18.2. The van der Waals surface area contributed by atoms with Crippen LogP contribution in [0.5, 0.6) is 0 Å². The van der Waals surface area contributed by atoms with E-state index in [0.29, 0.717) is 21.7 Å². The minimum absolute atomic E-state index is 0.455. The van der Waals surface area contributed by atoms with Gasteiger partial charge in [-0.2, -0.15) is 0 Å². The van der Waals surface area contributed by atoms with Crippen LogP contribution in [0.1, 0.15) is 122 Å². The standard InChI is InChI=1S/C10H21N.C9H19N.C9H18O.C8H16O/c1-10(2,3)9-5-7-11(4)8-6-9;1-9(2,3)8-5-6-10(4)7-8;1-9(2,3)8-4-6-10-7-5-8;1-8(2,3)7-4-5-9-6-7/h9H,5-8H2,1-4H3;8H,5-7H2,1-4H3;8H,4-7H2,1-3H3;7H,4-6H2,1-3H3. The summed E-state index contributed by atoms with van der Waals surface area (Å²) in [6.45, 7) is 37.0. The van der Waals surface area contributed by atoms with E-state index in [9.17, 15) is 0 Å². The summed E-state index contributed by atoms with van der Waals surface area (Å²) in [5.41, 5.74) is 1.99. The molecule has 4 heterocycles. The molecule has 0 radical (unpaired) electrons. The molecule has 2 unspecified atom stereocenters. The van der Waals surface area contributed by atoms with Gasteiger partial charge in [0.15, 0.2) is 0 Å². The first kappa shape index (κ1) is 37.9. The van der Waals surface area contributed by atoms with Crippen LogP contribution >= 0.6 is 0 Å². The maximum absolute atomic E-state index is 5.29. The fraction of sp³-hybridized carbons (Fsp3) is 1.00. The van der Waals surface area contributed by atoms with Gasteiger partial charge in [-0.25, -0.2) is 0 Å². The lowest BCUT2D eigenvalue weighted by Gasteiger charge is -2.37. The van der Waals surface area contributed by atoms with E-state index >= 15 is 0 Å². The highest BCUT2D eigenvalue weighted by Crippen LogP contribution is 2.35. The maximum atomic E-state index is 5.29. The predicted molar refractivity (Wildman–Crippen MR) is 176 cm³/mol. The average molecular weight is 567 g/mol. The Bertz CT molecular complexity index is 629. The zero-order valence-corrected chi connectivity index (χ0v) is 29.9. The summed E-state index contributed by atoms with van der Waals surface area (Å²) in [6.07, 6.45) is 7.93. The van der Waals surface area contributed by atoms with E-state index in [2.05, 4.69) is 107 Å². The van der Waals surface area contributed by atoms with Gasteiger partial charge in [0.2, 0.25) is 0 Å². The van der Waals surface area contributed by atoms with Crippen molar-refractivity contribution in [2.75, 3.05) is 66.7 Å². The molecule has 4 rings (SSSR count). The molecule has 0 spiro atoms. The van der Waals surface area contributed by atoms with Gasteiger partial charge in [0.1, 0.15) is 0 Å². The number of likely N-dealkylation sites (tertiary alicyclic amines) is 2. The molecule has 4 fully saturated rings. The SMILES string of the molecule is CC(C)(C)C1CCOC1.CC(C)(C)C1CCOCC1.CN1CCC(C(C)(C)C)C1.CN1CCC(C(C)(C)C)CC1. The normalized spacial score (nSPS) is 26.2. The molecule has 0 N–H and O–H groups in total. The fourth-order valence-electron chi connectivity index (χ4n) is 6.30. The predicted octanol–water partition coefficient (Wildman–Crippen LogP) is 8.89. The molecule has 240 valence electrons. The molecule has 0 amide bonds. The van der Waals surface area contributed by atoms with Gasteiger partial charge >= 0.3 is 0 Å². The van der Waals surface area contributed by atoms with Crippen LogP contribution in [-0.2, 0) is 9.47 Å². The van der Waals surface area contributed by atoms with Crippen LogP contribution in [-0.4, -0.2) is 76.5 Å². The third-order valence-corrected chi connectivity index (χ3v) is 10.2. The summed E-state index contributed by atoms with van der Waals surface area (Å²) in [4.78, 5) is 4.86. The van der Waals surface area contributed by atoms with Gasteiger partial charge in [-0.05, 0) is 118 Å². The van der Waals surface area contributed by atoms with Crippen molar-refractivity contribution in [3.05, 3.63) is 0 Å². The Balaban J connectivity index is 0.000000267. The quantitative estimate of drug-likeness (QED) is 0.292. The summed E-state index contributed by atoms with van der Waals surface area (Å²) in [6, 6.07) is 0. The van der Waals surface area contributed by atoms with E-state index < -0.39 is 0 Å². The van der Waals surface area contributed by atoms with Crippen LogP contribution in [0.25, 0.3) is 0 Å². The van der Waals surface area contributed by atoms with E-state index in [-0.39, 0.29) is 0 Å². The molecule has 2 atom stereocenters. The van der Waals surface area contributed by atoms with Gasteiger partial charge in [-0.3, -0.25) is 0 Å². The molecule has 4 aliphatic rings. The molecule has 4 saturated heterocycles. The largest absolute Gasteiger partial charge is 0.381 e. The van der Waals surface area contributed by atoms with Gasteiger partial charge < -0.3 is 19.3 Å². The third-order valence-electron chi connectivity index (χ3n) is 10.2. The Morgan fingerprint density at radius 2 is 0.775 bits per heavy atom. The van der Waals surface area contributed by atoms with Crippen LogP contribution in [0.4, 0.5) is 0 Å². The Hall–Kier alpha value is -0.160. The van der Waals surface area contributed by atoms with Crippen molar-refractivity contribution < 1.29 is 9.47 Å². The minimum Gasteiger partial charge on any atom is -0.381 e. The van der Waals surface area contributed by atoms with Crippen LogP contribution < -0.4 is 0 Å². The molecule has 0 aromatic heterocycles. The molecule has 40 heavy (non-hydrogen) atoms. The number of rotatable bonds is 0. The summed E-state index contributed by atoms with van der Waals surface area (Å²) in [5, 5.41) is 0. The molecular weight excluding hydrogens is 492 g/mol. The van der Waals surface area contributed by atoms with E-state index in [4.69, 9.17) is 9.47 Å². The average Bonchev–Trinajstić information content (AvgIpc) is 3.52. The lowest BCUT2D eigenvalue weighted by Crippen LogP contribution is -2.35. The van der Waals surface area contributed by atoms with Crippen molar-refractivity contribution in [1.82, 2.24) is 9.80 Å². The van der Waals surface area contributed by atoms with Gasteiger partial charge in [0.05, 0.1) is 0 Å². The zero-order valence-electron chi connectivity index (χ0n) is 29.9. The highest BCUT2D eigenvalue weighted by Gasteiger charge is 2.30. The maximum Gasteiger partial charge on any atom is 0.0500 e. The van der Waals surface area contributed by atoms with Gasteiger partial charge in [-0.1, -0.05) is 83.1 Å². The topological polar surface area (TPSA) is 24.9 Å². The van der Waals surface area contributed by atoms with Crippen molar-refractivity contribution in [3.63, 3.8) is 0 Å². The molecule has 4 nitrogen and oxygen atoms in total. The minimum atomic E-state index is 0.455. The molecule has 0 bridgehead atoms. The van der Waals surface area contributed by atoms with Crippen LogP contribution in [0.2, 0.25) is 0 Å². The summed E-state index contributed by atoms with van der Waals surface area (Å²) in [7, 11) is 4.44. The Kier molecular flexibility index (Phi) is 15.7. The van der Waals surface area contributed by atoms with E-state index in [1.54, 1.807) is 0 Å². The molecular formula is C36H74N2O2. The number of hydrogen-bond acceptors (Lipinski definition) is 4. The lowest BCUT2D eigenvalue weighted by molar-refractivity contribution is 0.0286. The van der Waals surface area contributed by atoms with Gasteiger partial charge in [0, 0.05) is 33.0 Å². The van der Waals surface area contributed by atoms with E-state index in [1.165, 1.54) is 64.7 Å². The summed E-state index contributed by atoms with van der Waals surface area (Å²) >= 11 is 0. The van der Waals surface area contributed by atoms with Crippen molar-refractivity contribution in [1.29, 1.82) is 0 Å². The Morgan fingerprint density at radius 1 is 0.425 bits per heavy atom. The van der Waals surface area contributed by atoms with Crippen LogP contribution in [0, 0.1) is 45.3 Å². The Labute approximate surface area is 252 Å². The second kappa shape index (κ2) is 16.6. The number of hydrogen-bond donors (Lipinski definition) is 0. The van der Waals surface area contributed by atoms with Crippen LogP contribution in [0.15, 0.2) is 0 Å². The molecule has 4 heteroatoms. The number of nitrogens with zero attached hydrogens (tertiary/aromatic N) is 2. The lowest BCUT2D eigenvalue weighted by atomic mass is 9.75. The highest BCUT2D eigenvalue weighted by atomic mass is 16.5. The second-order valence-corrected chi connectivity index (χ2v) is 17.7. The van der Waals surface area contributed by atoms with Crippen molar-refractivity contribution in [3.8, 4) is 0 Å². The monoisotopic (exact) mass is 567 g/mol. The first-order valence-corrected chi connectivity index (χ1v) is 16.7. The smallest absolute Gasteiger partial charge is 0.0500 e. The van der Waals surface area contributed by atoms with Crippen molar-refractivity contribution in [2.45, 2.75) is 122 Å². The molecule has 0 aromatic rings.